The number of nitrogens with one attached hydrogen (secondary N) is 1. The van der Waals surface area contributed by atoms with Crippen molar-refractivity contribution < 1.29 is 0 Å². The van der Waals surface area contributed by atoms with Crippen molar-refractivity contribution in [1.29, 1.82) is 0 Å². The summed E-state index contributed by atoms with van der Waals surface area (Å²) in [6.07, 6.45) is 1.69. The standard InChI is InChI=1S/C11H17N7OS/c1-3-17(4-2)8-5-10(19)18(13-6-8)7-9-15-16-11(14-12)20-9/h5-6H,3-4,7,12H2,1-2H3,(H,14,16). The van der Waals surface area contributed by atoms with E-state index in [2.05, 4.69) is 25.6 Å². The minimum atomic E-state index is -0.160. The SMILES string of the molecule is CCN(CC)c1cnn(Cc2nnc(NN)s2)c(=O)c1. The van der Waals surface area contributed by atoms with Crippen LogP contribution >= 0.6 is 11.3 Å². The van der Waals surface area contributed by atoms with Crippen molar-refractivity contribution in [3.8, 4) is 0 Å². The molecule has 0 saturated carbocycles. The summed E-state index contributed by atoms with van der Waals surface area (Å²) in [5.74, 6) is 5.24. The van der Waals surface area contributed by atoms with Crippen LogP contribution in [-0.2, 0) is 6.54 Å². The van der Waals surface area contributed by atoms with E-state index in [0.29, 0.717) is 10.1 Å². The largest absolute Gasteiger partial charge is 0.371 e. The first-order valence-electron chi connectivity index (χ1n) is 6.29. The van der Waals surface area contributed by atoms with Crippen LogP contribution in [0.2, 0.25) is 0 Å². The maximum atomic E-state index is 12.0. The van der Waals surface area contributed by atoms with Crippen LogP contribution in [0, 0.1) is 0 Å². The molecule has 3 N–H and O–H groups in total. The van der Waals surface area contributed by atoms with Crippen LogP contribution in [0.25, 0.3) is 0 Å². The topological polar surface area (TPSA) is 102 Å². The molecule has 9 heteroatoms. The van der Waals surface area contributed by atoms with Crippen molar-refractivity contribution in [2.24, 2.45) is 5.84 Å². The fourth-order valence-corrected chi connectivity index (χ4v) is 2.44. The normalized spacial score (nSPS) is 10.6. The van der Waals surface area contributed by atoms with Gasteiger partial charge < -0.3 is 4.90 Å². The molecule has 108 valence electrons. The number of aromatic nitrogens is 4. The Labute approximate surface area is 120 Å². The van der Waals surface area contributed by atoms with Gasteiger partial charge in [0.2, 0.25) is 5.13 Å². The van der Waals surface area contributed by atoms with E-state index in [4.69, 9.17) is 5.84 Å². The van der Waals surface area contributed by atoms with E-state index in [0.717, 1.165) is 18.8 Å². The second-order valence-corrected chi connectivity index (χ2v) is 5.09. The summed E-state index contributed by atoms with van der Waals surface area (Å²) in [7, 11) is 0. The van der Waals surface area contributed by atoms with Crippen LogP contribution in [0.15, 0.2) is 17.1 Å². The quantitative estimate of drug-likeness (QED) is 0.582. The molecule has 8 nitrogen and oxygen atoms in total. The molecule has 0 aliphatic rings. The van der Waals surface area contributed by atoms with Crippen molar-refractivity contribution in [3.05, 3.63) is 27.6 Å². The molecule has 0 fully saturated rings. The van der Waals surface area contributed by atoms with Crippen LogP contribution in [0.5, 0.6) is 0 Å². The zero-order chi connectivity index (χ0) is 14.5. The maximum Gasteiger partial charge on any atom is 0.269 e. The third kappa shape index (κ3) is 3.11. The van der Waals surface area contributed by atoms with Gasteiger partial charge in [0.25, 0.3) is 5.56 Å². The van der Waals surface area contributed by atoms with Crippen molar-refractivity contribution in [3.63, 3.8) is 0 Å². The highest BCUT2D eigenvalue weighted by atomic mass is 32.1. The lowest BCUT2D eigenvalue weighted by Crippen LogP contribution is -2.28. The smallest absolute Gasteiger partial charge is 0.269 e. The minimum absolute atomic E-state index is 0.160. The summed E-state index contributed by atoms with van der Waals surface area (Å²) >= 11 is 1.29. The number of nitrogen functional groups attached to an aromatic ring is 1. The van der Waals surface area contributed by atoms with E-state index in [1.54, 1.807) is 12.3 Å². The van der Waals surface area contributed by atoms with Crippen LogP contribution < -0.4 is 21.7 Å². The van der Waals surface area contributed by atoms with Gasteiger partial charge in [0, 0.05) is 19.2 Å². The number of rotatable bonds is 6. The minimum Gasteiger partial charge on any atom is -0.371 e. The molecule has 0 aromatic carbocycles. The molecule has 0 bridgehead atoms. The fraction of sp³-hybridized carbons (Fsp3) is 0.455. The Kier molecular flexibility index (Phi) is 4.64. The molecular weight excluding hydrogens is 278 g/mol. The first-order chi connectivity index (χ1) is 9.67. The zero-order valence-electron chi connectivity index (χ0n) is 11.4. The predicted octanol–water partition coefficient (Wildman–Crippen LogP) is 0.275. The van der Waals surface area contributed by atoms with Crippen LogP contribution in [-0.4, -0.2) is 33.1 Å². The lowest BCUT2D eigenvalue weighted by molar-refractivity contribution is 0.630. The summed E-state index contributed by atoms with van der Waals surface area (Å²) in [4.78, 5) is 14.1. The van der Waals surface area contributed by atoms with Gasteiger partial charge in [-0.05, 0) is 13.8 Å². The molecule has 0 aliphatic heterocycles. The van der Waals surface area contributed by atoms with Crippen LogP contribution in [0.1, 0.15) is 18.9 Å². The first-order valence-corrected chi connectivity index (χ1v) is 7.10. The molecule has 0 atom stereocenters. The van der Waals surface area contributed by atoms with Gasteiger partial charge in [-0.1, -0.05) is 11.3 Å². The zero-order valence-corrected chi connectivity index (χ0v) is 12.2. The number of hydrogen-bond acceptors (Lipinski definition) is 8. The Morgan fingerprint density at radius 1 is 1.40 bits per heavy atom. The summed E-state index contributed by atoms with van der Waals surface area (Å²) in [5, 5.41) is 13.1. The van der Waals surface area contributed by atoms with Gasteiger partial charge in [-0.25, -0.2) is 10.5 Å². The molecule has 2 aromatic rings. The van der Waals surface area contributed by atoms with Crippen molar-refractivity contribution >= 4 is 22.2 Å². The summed E-state index contributed by atoms with van der Waals surface area (Å²) in [6, 6.07) is 1.59. The lowest BCUT2D eigenvalue weighted by Gasteiger charge is -2.20. The van der Waals surface area contributed by atoms with Gasteiger partial charge in [0.05, 0.1) is 18.4 Å². The molecule has 0 radical (unpaired) electrons. The molecule has 2 heterocycles. The van der Waals surface area contributed by atoms with Crippen molar-refractivity contribution in [1.82, 2.24) is 20.0 Å². The average molecular weight is 295 g/mol. The van der Waals surface area contributed by atoms with Gasteiger partial charge in [0.1, 0.15) is 5.01 Å². The van der Waals surface area contributed by atoms with E-state index in [1.807, 2.05) is 13.8 Å². The molecule has 0 saturated heterocycles. The van der Waals surface area contributed by atoms with E-state index < -0.39 is 0 Å². The van der Waals surface area contributed by atoms with Gasteiger partial charge in [-0.15, -0.1) is 10.2 Å². The fourth-order valence-electron chi connectivity index (χ4n) is 1.81. The Morgan fingerprint density at radius 2 is 2.15 bits per heavy atom. The van der Waals surface area contributed by atoms with Crippen LogP contribution in [0.3, 0.4) is 0 Å². The Balaban J connectivity index is 2.19. The first kappa shape index (κ1) is 14.4. The van der Waals surface area contributed by atoms with Gasteiger partial charge in [-0.3, -0.25) is 10.2 Å². The molecule has 0 unspecified atom stereocenters. The predicted molar refractivity (Wildman–Crippen MR) is 78.9 cm³/mol. The van der Waals surface area contributed by atoms with Gasteiger partial charge >= 0.3 is 0 Å². The number of anilines is 2. The third-order valence-corrected chi connectivity index (χ3v) is 3.70. The molecule has 2 aromatic heterocycles. The van der Waals surface area contributed by atoms with E-state index in [-0.39, 0.29) is 12.1 Å². The Morgan fingerprint density at radius 3 is 2.70 bits per heavy atom. The third-order valence-electron chi connectivity index (χ3n) is 2.86. The highest BCUT2D eigenvalue weighted by Gasteiger charge is 2.08. The highest BCUT2D eigenvalue weighted by Crippen LogP contribution is 2.14. The summed E-state index contributed by atoms with van der Waals surface area (Å²) in [6.45, 7) is 6.04. The maximum absolute atomic E-state index is 12.0. The molecule has 2 rings (SSSR count). The van der Waals surface area contributed by atoms with Gasteiger partial charge in [-0.2, -0.15) is 5.10 Å². The van der Waals surface area contributed by atoms with Gasteiger partial charge in [0.15, 0.2) is 0 Å². The molecule has 0 amide bonds. The summed E-state index contributed by atoms with van der Waals surface area (Å²) < 4.78 is 1.35. The number of hydrogen-bond donors (Lipinski definition) is 2. The monoisotopic (exact) mass is 295 g/mol. The average Bonchev–Trinajstić information content (AvgIpc) is 2.91. The van der Waals surface area contributed by atoms with E-state index in [1.165, 1.54) is 16.0 Å². The molecule has 20 heavy (non-hydrogen) atoms. The number of nitrogens with zero attached hydrogens (tertiary/aromatic N) is 5. The highest BCUT2D eigenvalue weighted by molar-refractivity contribution is 7.15. The van der Waals surface area contributed by atoms with Crippen LogP contribution in [0.4, 0.5) is 10.8 Å². The summed E-state index contributed by atoms with van der Waals surface area (Å²) in [5.41, 5.74) is 3.09. The second-order valence-electron chi connectivity index (χ2n) is 4.03. The van der Waals surface area contributed by atoms with E-state index in [9.17, 15) is 4.79 Å². The number of hydrazine groups is 1. The van der Waals surface area contributed by atoms with Crippen molar-refractivity contribution in [2.45, 2.75) is 20.4 Å². The van der Waals surface area contributed by atoms with Crippen molar-refractivity contribution in [2.75, 3.05) is 23.4 Å². The molecule has 0 spiro atoms. The lowest BCUT2D eigenvalue weighted by atomic mass is 10.4. The Hall–Kier alpha value is -2.00. The Bertz CT molecular complexity index is 619. The number of nitrogens with two attached hydrogens (primary N) is 1. The molecular formula is C11H17N7OS. The molecule has 0 aliphatic carbocycles. The second kappa shape index (κ2) is 6.44. The van der Waals surface area contributed by atoms with E-state index >= 15 is 0 Å².